The molecular weight excluding hydrogens is 254 g/mol. The molecule has 4 heteroatoms. The Morgan fingerprint density at radius 2 is 2.30 bits per heavy atom. The Kier molecular flexibility index (Phi) is 4.91. The van der Waals surface area contributed by atoms with Crippen molar-refractivity contribution in [1.82, 2.24) is 5.32 Å². The molecule has 0 fully saturated rings. The van der Waals surface area contributed by atoms with Gasteiger partial charge in [0.1, 0.15) is 6.29 Å². The number of hydrogen-bond donors (Lipinski definition) is 2. The molecule has 0 bridgehead atoms. The van der Waals surface area contributed by atoms with Crippen molar-refractivity contribution in [3.8, 4) is 0 Å². The van der Waals surface area contributed by atoms with E-state index in [0.29, 0.717) is 13.2 Å². The summed E-state index contributed by atoms with van der Waals surface area (Å²) in [6, 6.07) is 6.13. The van der Waals surface area contributed by atoms with E-state index in [1.807, 2.05) is 6.07 Å². The molecule has 0 radical (unpaired) electrons. The number of fused-ring (bicyclic) bond motifs is 1. The first-order valence-corrected chi connectivity index (χ1v) is 7.09. The molecule has 20 heavy (non-hydrogen) atoms. The molecule has 1 aliphatic heterocycles. The number of carbonyl (C=O) groups is 1. The third-order valence-corrected chi connectivity index (χ3v) is 3.85. The van der Waals surface area contributed by atoms with Crippen LogP contribution in [0.25, 0.3) is 0 Å². The van der Waals surface area contributed by atoms with Crippen molar-refractivity contribution in [3.63, 3.8) is 0 Å². The summed E-state index contributed by atoms with van der Waals surface area (Å²) in [5, 5.41) is 12.0. The van der Waals surface area contributed by atoms with Crippen LogP contribution in [0, 0.1) is 0 Å². The topological polar surface area (TPSA) is 58.6 Å². The molecule has 1 heterocycles. The lowest BCUT2D eigenvalue weighted by atomic mass is 9.82. The summed E-state index contributed by atoms with van der Waals surface area (Å²) in [7, 11) is 0. The lowest BCUT2D eigenvalue weighted by Gasteiger charge is -2.29. The van der Waals surface area contributed by atoms with Crippen LogP contribution in [0.2, 0.25) is 0 Å². The minimum absolute atomic E-state index is 0.0486. The number of benzene rings is 1. The maximum Gasteiger partial charge on any atom is 0.141 e. The Labute approximate surface area is 120 Å². The monoisotopic (exact) mass is 277 g/mol. The van der Waals surface area contributed by atoms with E-state index in [1.54, 1.807) is 0 Å². The Morgan fingerprint density at radius 3 is 3.00 bits per heavy atom. The Balaban J connectivity index is 2.19. The van der Waals surface area contributed by atoms with E-state index in [0.717, 1.165) is 24.8 Å². The van der Waals surface area contributed by atoms with E-state index in [-0.39, 0.29) is 18.1 Å². The number of carbonyl (C=O) groups excluding carboxylic acids is 1. The van der Waals surface area contributed by atoms with Crippen molar-refractivity contribution in [1.29, 1.82) is 0 Å². The van der Waals surface area contributed by atoms with E-state index >= 15 is 0 Å². The van der Waals surface area contributed by atoms with E-state index in [9.17, 15) is 4.79 Å². The fraction of sp³-hybridized carbons (Fsp3) is 0.562. The molecule has 2 rings (SSSR count). The number of aliphatic hydroxyl groups is 1. The van der Waals surface area contributed by atoms with Crippen LogP contribution in [0.3, 0.4) is 0 Å². The second-order valence-corrected chi connectivity index (χ2v) is 5.89. The van der Waals surface area contributed by atoms with Crippen molar-refractivity contribution >= 4 is 6.29 Å². The van der Waals surface area contributed by atoms with Crippen LogP contribution in [0.5, 0.6) is 0 Å². The van der Waals surface area contributed by atoms with Gasteiger partial charge < -0.3 is 20.0 Å². The predicted octanol–water partition coefficient (Wildman–Crippen LogP) is 1.36. The molecule has 0 saturated carbocycles. The molecule has 0 aliphatic carbocycles. The van der Waals surface area contributed by atoms with Gasteiger partial charge in [-0.1, -0.05) is 32.0 Å². The molecule has 1 unspecified atom stereocenters. The third-order valence-electron chi connectivity index (χ3n) is 3.85. The summed E-state index contributed by atoms with van der Waals surface area (Å²) in [5.74, 6) is 0. The van der Waals surface area contributed by atoms with Gasteiger partial charge in [-0.2, -0.15) is 0 Å². The van der Waals surface area contributed by atoms with Gasteiger partial charge in [0.15, 0.2) is 0 Å². The average molecular weight is 277 g/mol. The molecule has 2 N–H and O–H groups in total. The van der Waals surface area contributed by atoms with E-state index < -0.39 is 0 Å². The zero-order valence-electron chi connectivity index (χ0n) is 12.2. The zero-order chi connectivity index (χ0) is 14.6. The first-order chi connectivity index (χ1) is 9.58. The lowest BCUT2D eigenvalue weighted by Crippen LogP contribution is -2.32. The third kappa shape index (κ3) is 3.26. The van der Waals surface area contributed by atoms with Crippen LogP contribution < -0.4 is 5.32 Å². The summed E-state index contributed by atoms with van der Waals surface area (Å²) in [6.07, 6.45) is 1.91. The summed E-state index contributed by atoms with van der Waals surface area (Å²) in [4.78, 5) is 11.1. The van der Waals surface area contributed by atoms with Crippen molar-refractivity contribution < 1.29 is 14.6 Å². The van der Waals surface area contributed by atoms with Crippen molar-refractivity contribution in [2.24, 2.45) is 0 Å². The van der Waals surface area contributed by atoms with E-state index in [4.69, 9.17) is 9.84 Å². The molecular formula is C16H23NO3. The number of ether oxygens (including phenoxy) is 1. The molecule has 110 valence electrons. The first kappa shape index (κ1) is 15.2. The minimum atomic E-state index is -0.179. The van der Waals surface area contributed by atoms with E-state index in [1.165, 1.54) is 11.1 Å². The Hall–Kier alpha value is -1.23. The van der Waals surface area contributed by atoms with E-state index in [2.05, 4.69) is 31.3 Å². The lowest BCUT2D eigenvalue weighted by molar-refractivity contribution is -0.109. The molecule has 1 atom stereocenters. The highest BCUT2D eigenvalue weighted by molar-refractivity contribution is 5.63. The van der Waals surface area contributed by atoms with Crippen LogP contribution in [0.4, 0.5) is 0 Å². The van der Waals surface area contributed by atoms with Gasteiger partial charge in [0.05, 0.1) is 25.9 Å². The molecule has 1 aromatic carbocycles. The molecule has 0 saturated heterocycles. The van der Waals surface area contributed by atoms with Gasteiger partial charge in [0, 0.05) is 12.0 Å². The molecule has 1 aromatic rings. The van der Waals surface area contributed by atoms with Crippen LogP contribution in [-0.4, -0.2) is 37.8 Å². The molecule has 1 aliphatic rings. The molecule has 0 spiro atoms. The fourth-order valence-electron chi connectivity index (χ4n) is 2.62. The fourth-order valence-corrected chi connectivity index (χ4v) is 2.62. The zero-order valence-corrected chi connectivity index (χ0v) is 12.2. The van der Waals surface area contributed by atoms with Crippen molar-refractivity contribution in [2.75, 3.05) is 26.4 Å². The van der Waals surface area contributed by atoms with Crippen LogP contribution >= 0.6 is 0 Å². The summed E-state index contributed by atoms with van der Waals surface area (Å²) in [6.45, 7) is 6.08. The van der Waals surface area contributed by atoms with Crippen LogP contribution in [0.15, 0.2) is 18.2 Å². The largest absolute Gasteiger partial charge is 0.394 e. The van der Waals surface area contributed by atoms with Gasteiger partial charge >= 0.3 is 0 Å². The number of aldehydes is 1. The Bertz CT molecular complexity index is 471. The standard InChI is InChI=1S/C16H23NO3/c1-16(2,11-20-8-7-18)13-3-4-14-12(9-13)5-6-17-15(14)10-19/h3-4,9-10,15,17-18H,5-8,11H2,1-2H3. The minimum Gasteiger partial charge on any atom is -0.394 e. The molecule has 4 nitrogen and oxygen atoms in total. The number of aliphatic hydroxyl groups excluding tert-OH is 1. The maximum absolute atomic E-state index is 11.1. The highest BCUT2D eigenvalue weighted by Crippen LogP contribution is 2.29. The second-order valence-electron chi connectivity index (χ2n) is 5.89. The maximum atomic E-state index is 11.1. The average Bonchev–Trinajstić information content (AvgIpc) is 2.46. The quantitative estimate of drug-likeness (QED) is 0.609. The predicted molar refractivity (Wildman–Crippen MR) is 77.9 cm³/mol. The van der Waals surface area contributed by atoms with Crippen molar-refractivity contribution in [3.05, 3.63) is 34.9 Å². The van der Waals surface area contributed by atoms with Gasteiger partial charge in [-0.25, -0.2) is 0 Å². The smallest absolute Gasteiger partial charge is 0.141 e. The Morgan fingerprint density at radius 1 is 1.50 bits per heavy atom. The summed E-state index contributed by atoms with van der Waals surface area (Å²) in [5.41, 5.74) is 3.43. The van der Waals surface area contributed by atoms with Gasteiger partial charge in [0.2, 0.25) is 0 Å². The van der Waals surface area contributed by atoms with Gasteiger partial charge in [-0.05, 0) is 23.1 Å². The first-order valence-electron chi connectivity index (χ1n) is 7.09. The van der Waals surface area contributed by atoms with Gasteiger partial charge in [-0.15, -0.1) is 0 Å². The second kappa shape index (κ2) is 6.48. The summed E-state index contributed by atoms with van der Waals surface area (Å²) < 4.78 is 5.47. The normalized spacial score (nSPS) is 18.6. The highest BCUT2D eigenvalue weighted by Gasteiger charge is 2.25. The van der Waals surface area contributed by atoms with Gasteiger partial charge in [0.25, 0.3) is 0 Å². The van der Waals surface area contributed by atoms with Crippen molar-refractivity contribution in [2.45, 2.75) is 31.7 Å². The molecule has 0 amide bonds. The SMILES string of the molecule is CC(C)(COCCO)c1ccc2c(c1)CCNC2C=O. The highest BCUT2D eigenvalue weighted by atomic mass is 16.5. The number of nitrogens with one attached hydrogen (secondary N) is 1. The van der Waals surface area contributed by atoms with Gasteiger partial charge in [-0.3, -0.25) is 0 Å². The van der Waals surface area contributed by atoms with Crippen LogP contribution in [-0.2, 0) is 21.4 Å². The number of hydrogen-bond acceptors (Lipinski definition) is 4. The summed E-state index contributed by atoms with van der Waals surface area (Å²) >= 11 is 0. The van der Waals surface area contributed by atoms with Crippen LogP contribution in [0.1, 0.15) is 36.6 Å². The number of rotatable bonds is 6. The molecule has 0 aromatic heterocycles.